The van der Waals surface area contributed by atoms with Crippen LogP contribution in [0.15, 0.2) is 59.6 Å². The van der Waals surface area contributed by atoms with Gasteiger partial charge < -0.3 is 15.5 Å². The normalized spacial score (nSPS) is 16.4. The number of nitrogens with one attached hydrogen (secondary N) is 2. The molecule has 2 aromatic rings. The molecule has 0 spiro atoms. The zero-order chi connectivity index (χ0) is 22.9. The van der Waals surface area contributed by atoms with Crippen LogP contribution in [0.5, 0.6) is 0 Å². The number of benzene rings is 2. The van der Waals surface area contributed by atoms with Crippen molar-refractivity contribution >= 4 is 11.9 Å². The summed E-state index contributed by atoms with van der Waals surface area (Å²) in [4.78, 5) is 20.7. The third-order valence-electron chi connectivity index (χ3n) is 6.20. The second-order valence-electron chi connectivity index (χ2n) is 8.85. The first kappa shape index (κ1) is 23.8. The van der Waals surface area contributed by atoms with Crippen LogP contribution < -0.4 is 10.6 Å². The number of hydrogen-bond acceptors (Lipinski definition) is 3. The lowest BCUT2D eigenvalue weighted by molar-refractivity contribution is 0.0827. The Hall–Kier alpha value is -2.86. The second-order valence-corrected chi connectivity index (χ2v) is 8.85. The van der Waals surface area contributed by atoms with Gasteiger partial charge in [-0.05, 0) is 55.1 Å². The summed E-state index contributed by atoms with van der Waals surface area (Å²) >= 11 is 0. The molecule has 6 heteroatoms. The Kier molecular flexibility index (Phi) is 8.68. The summed E-state index contributed by atoms with van der Waals surface area (Å²) in [6.45, 7) is 6.06. The topological polar surface area (TPSA) is 60.0 Å². The number of amides is 1. The van der Waals surface area contributed by atoms with Gasteiger partial charge in [0, 0.05) is 39.8 Å². The van der Waals surface area contributed by atoms with Crippen molar-refractivity contribution in [2.75, 3.05) is 40.8 Å². The Balaban J connectivity index is 1.58. The molecule has 1 aliphatic rings. The Morgan fingerprint density at radius 3 is 2.31 bits per heavy atom. The van der Waals surface area contributed by atoms with Crippen LogP contribution in [0.1, 0.15) is 47.3 Å². The number of rotatable bonds is 7. The SMILES string of the molecule is CN=C(NCc1ccc(C(=O)N(C)C)cc1)NCC(c1ccccc1)N1CCC(C)CC1. The predicted octanol–water partition coefficient (Wildman–Crippen LogP) is 3.53. The van der Waals surface area contributed by atoms with Crippen molar-refractivity contribution < 1.29 is 4.79 Å². The third-order valence-corrected chi connectivity index (χ3v) is 6.20. The molecule has 0 aromatic heterocycles. The molecule has 1 atom stereocenters. The van der Waals surface area contributed by atoms with Crippen molar-refractivity contribution in [3.05, 3.63) is 71.3 Å². The number of piperidine rings is 1. The number of carbonyl (C=O) groups is 1. The smallest absolute Gasteiger partial charge is 0.253 e. The molecule has 1 saturated heterocycles. The molecule has 0 radical (unpaired) electrons. The average Bonchev–Trinajstić information content (AvgIpc) is 2.82. The third kappa shape index (κ3) is 6.57. The van der Waals surface area contributed by atoms with Crippen molar-refractivity contribution in [2.45, 2.75) is 32.4 Å². The molecule has 172 valence electrons. The lowest BCUT2D eigenvalue weighted by Gasteiger charge is -2.37. The number of hydrogen-bond donors (Lipinski definition) is 2. The first-order valence-corrected chi connectivity index (χ1v) is 11.5. The molecular weight excluding hydrogens is 398 g/mol. The van der Waals surface area contributed by atoms with E-state index in [1.807, 2.05) is 24.3 Å². The van der Waals surface area contributed by atoms with Gasteiger partial charge >= 0.3 is 0 Å². The minimum atomic E-state index is 0.0149. The molecular formula is C26H37N5O. The van der Waals surface area contributed by atoms with Crippen molar-refractivity contribution in [3.63, 3.8) is 0 Å². The van der Waals surface area contributed by atoms with E-state index in [1.165, 1.54) is 18.4 Å². The van der Waals surface area contributed by atoms with Gasteiger partial charge in [0.15, 0.2) is 5.96 Å². The standard InChI is InChI=1S/C26H37N5O/c1-20-14-16-31(17-15-20)24(22-8-6-5-7-9-22)19-29-26(27-2)28-18-21-10-12-23(13-11-21)25(32)30(3)4/h5-13,20,24H,14-19H2,1-4H3,(H2,27,28,29). The van der Waals surface area contributed by atoms with Crippen LogP contribution in [-0.4, -0.2) is 62.4 Å². The molecule has 1 heterocycles. The minimum absolute atomic E-state index is 0.0149. The van der Waals surface area contributed by atoms with E-state index < -0.39 is 0 Å². The number of carbonyl (C=O) groups excluding carboxylic acids is 1. The Labute approximate surface area is 192 Å². The monoisotopic (exact) mass is 435 g/mol. The van der Waals surface area contributed by atoms with Gasteiger partial charge in [0.25, 0.3) is 5.91 Å². The summed E-state index contributed by atoms with van der Waals surface area (Å²) in [6, 6.07) is 18.8. The summed E-state index contributed by atoms with van der Waals surface area (Å²) < 4.78 is 0. The maximum atomic E-state index is 12.1. The Bertz CT molecular complexity index is 871. The van der Waals surface area contributed by atoms with E-state index in [9.17, 15) is 4.79 Å². The van der Waals surface area contributed by atoms with Gasteiger partial charge in [0.2, 0.25) is 0 Å². The van der Waals surface area contributed by atoms with Crippen LogP contribution in [0.3, 0.4) is 0 Å². The van der Waals surface area contributed by atoms with Crippen molar-refractivity contribution in [1.29, 1.82) is 0 Å². The fraction of sp³-hybridized carbons (Fsp3) is 0.462. The molecule has 0 aliphatic carbocycles. The second kappa shape index (κ2) is 11.7. The first-order chi connectivity index (χ1) is 15.5. The lowest BCUT2D eigenvalue weighted by atomic mass is 9.95. The summed E-state index contributed by atoms with van der Waals surface area (Å²) in [5.74, 6) is 1.61. The van der Waals surface area contributed by atoms with Crippen molar-refractivity contribution in [2.24, 2.45) is 10.9 Å². The largest absolute Gasteiger partial charge is 0.354 e. The number of guanidine groups is 1. The van der Waals surface area contributed by atoms with Crippen molar-refractivity contribution in [3.8, 4) is 0 Å². The summed E-state index contributed by atoms with van der Waals surface area (Å²) in [7, 11) is 5.33. The van der Waals surface area contributed by atoms with E-state index in [4.69, 9.17) is 0 Å². The molecule has 1 amide bonds. The van der Waals surface area contributed by atoms with E-state index in [2.05, 4.69) is 57.8 Å². The van der Waals surface area contributed by atoms with Gasteiger partial charge in [-0.25, -0.2) is 0 Å². The van der Waals surface area contributed by atoms with Gasteiger partial charge in [-0.3, -0.25) is 14.7 Å². The molecule has 2 N–H and O–H groups in total. The van der Waals surface area contributed by atoms with Gasteiger partial charge in [-0.1, -0.05) is 49.4 Å². The van der Waals surface area contributed by atoms with Crippen LogP contribution in [-0.2, 0) is 6.54 Å². The molecule has 1 fully saturated rings. The predicted molar refractivity (Wildman–Crippen MR) is 132 cm³/mol. The minimum Gasteiger partial charge on any atom is -0.354 e. The Morgan fingerprint density at radius 1 is 1.06 bits per heavy atom. The zero-order valence-corrected chi connectivity index (χ0v) is 19.8. The molecule has 6 nitrogen and oxygen atoms in total. The Morgan fingerprint density at radius 2 is 1.72 bits per heavy atom. The number of aliphatic imine (C=N–C) groups is 1. The van der Waals surface area contributed by atoms with Gasteiger partial charge in [0.05, 0.1) is 6.04 Å². The fourth-order valence-electron chi connectivity index (χ4n) is 4.10. The van der Waals surface area contributed by atoms with Gasteiger partial charge in [-0.2, -0.15) is 0 Å². The summed E-state index contributed by atoms with van der Waals surface area (Å²) in [5, 5.41) is 6.93. The van der Waals surface area contributed by atoms with E-state index >= 15 is 0 Å². The van der Waals surface area contributed by atoms with Gasteiger partial charge in [0.1, 0.15) is 0 Å². The lowest BCUT2D eigenvalue weighted by Crippen LogP contribution is -2.45. The first-order valence-electron chi connectivity index (χ1n) is 11.5. The molecule has 2 aromatic carbocycles. The zero-order valence-electron chi connectivity index (χ0n) is 19.8. The van der Waals surface area contributed by atoms with Gasteiger partial charge in [-0.15, -0.1) is 0 Å². The van der Waals surface area contributed by atoms with Crippen LogP contribution in [0, 0.1) is 5.92 Å². The molecule has 0 saturated carbocycles. The highest BCUT2D eigenvalue weighted by Gasteiger charge is 2.24. The summed E-state index contributed by atoms with van der Waals surface area (Å²) in [6.07, 6.45) is 2.51. The van der Waals surface area contributed by atoms with Crippen molar-refractivity contribution in [1.82, 2.24) is 20.4 Å². The van der Waals surface area contributed by atoms with Crippen LogP contribution in [0.4, 0.5) is 0 Å². The van der Waals surface area contributed by atoms with E-state index in [-0.39, 0.29) is 5.91 Å². The highest BCUT2D eigenvalue weighted by Crippen LogP contribution is 2.26. The molecule has 0 bridgehead atoms. The van der Waals surface area contributed by atoms with E-state index in [0.717, 1.165) is 37.1 Å². The van der Waals surface area contributed by atoms with E-state index in [0.29, 0.717) is 18.2 Å². The quantitative estimate of drug-likeness (QED) is 0.516. The van der Waals surface area contributed by atoms with Crippen LogP contribution in [0.2, 0.25) is 0 Å². The van der Waals surface area contributed by atoms with E-state index in [1.54, 1.807) is 26.0 Å². The van der Waals surface area contributed by atoms with Crippen LogP contribution >= 0.6 is 0 Å². The molecule has 32 heavy (non-hydrogen) atoms. The number of nitrogens with zero attached hydrogens (tertiary/aromatic N) is 3. The maximum Gasteiger partial charge on any atom is 0.253 e. The molecule has 3 rings (SSSR count). The number of likely N-dealkylation sites (tertiary alicyclic amines) is 1. The molecule has 1 aliphatic heterocycles. The maximum absolute atomic E-state index is 12.1. The highest BCUT2D eigenvalue weighted by atomic mass is 16.2. The summed E-state index contributed by atoms with van der Waals surface area (Å²) in [5.41, 5.74) is 3.14. The van der Waals surface area contributed by atoms with Crippen LogP contribution in [0.25, 0.3) is 0 Å². The molecule has 1 unspecified atom stereocenters. The average molecular weight is 436 g/mol. The fourth-order valence-corrected chi connectivity index (χ4v) is 4.10. The highest BCUT2D eigenvalue weighted by molar-refractivity contribution is 5.93.